The highest BCUT2D eigenvalue weighted by Crippen LogP contribution is 2.23. The SMILES string of the molecule is Cc1cc2ccccc2n1CC(=O)Nc1cccc(S(=O)(=O)N2CCCC2)c1. The topological polar surface area (TPSA) is 71.4 Å². The average molecular weight is 398 g/mol. The molecule has 146 valence electrons. The van der Waals surface area contributed by atoms with Crippen LogP contribution in [0.15, 0.2) is 59.5 Å². The fourth-order valence-electron chi connectivity index (χ4n) is 3.71. The molecule has 0 spiro atoms. The molecule has 6 nitrogen and oxygen atoms in total. The first-order valence-electron chi connectivity index (χ1n) is 9.40. The Labute approximate surface area is 164 Å². The number of hydrogen-bond donors (Lipinski definition) is 1. The Kier molecular flexibility index (Phi) is 4.95. The number of carbonyl (C=O) groups excluding carboxylic acids is 1. The van der Waals surface area contributed by atoms with E-state index in [1.807, 2.05) is 41.8 Å². The third-order valence-electron chi connectivity index (χ3n) is 5.14. The maximum absolute atomic E-state index is 12.7. The Hall–Kier alpha value is -2.64. The summed E-state index contributed by atoms with van der Waals surface area (Å²) in [5, 5.41) is 3.92. The summed E-state index contributed by atoms with van der Waals surface area (Å²) < 4.78 is 28.9. The molecule has 0 unspecified atom stereocenters. The van der Waals surface area contributed by atoms with E-state index in [-0.39, 0.29) is 17.3 Å². The summed E-state index contributed by atoms with van der Waals surface area (Å²) >= 11 is 0. The minimum absolute atomic E-state index is 0.169. The van der Waals surface area contributed by atoms with E-state index >= 15 is 0 Å². The number of rotatable bonds is 5. The van der Waals surface area contributed by atoms with Gasteiger partial charge in [-0.1, -0.05) is 24.3 Å². The van der Waals surface area contributed by atoms with Crippen LogP contribution in [0.1, 0.15) is 18.5 Å². The van der Waals surface area contributed by atoms with E-state index in [1.165, 1.54) is 10.4 Å². The highest BCUT2D eigenvalue weighted by Gasteiger charge is 2.27. The van der Waals surface area contributed by atoms with Crippen LogP contribution in [0, 0.1) is 6.92 Å². The van der Waals surface area contributed by atoms with Crippen molar-refractivity contribution in [1.82, 2.24) is 8.87 Å². The molecule has 0 atom stereocenters. The molecule has 0 aliphatic carbocycles. The lowest BCUT2D eigenvalue weighted by Crippen LogP contribution is -2.28. The molecule has 4 rings (SSSR count). The smallest absolute Gasteiger partial charge is 0.244 e. The summed E-state index contributed by atoms with van der Waals surface area (Å²) in [5.74, 6) is -0.194. The van der Waals surface area contributed by atoms with E-state index in [2.05, 4.69) is 5.32 Å². The van der Waals surface area contributed by atoms with Gasteiger partial charge in [0.15, 0.2) is 0 Å². The molecule has 2 aromatic carbocycles. The summed E-state index contributed by atoms with van der Waals surface area (Å²) in [6.45, 7) is 3.25. The van der Waals surface area contributed by atoms with Gasteiger partial charge in [0.05, 0.1) is 4.90 Å². The number of carbonyl (C=O) groups is 1. The maximum Gasteiger partial charge on any atom is 0.244 e. The van der Waals surface area contributed by atoms with Crippen LogP contribution in [0.3, 0.4) is 0 Å². The summed E-state index contributed by atoms with van der Waals surface area (Å²) in [5.41, 5.74) is 2.49. The Morgan fingerprint density at radius 2 is 1.79 bits per heavy atom. The molecule has 3 aromatic rings. The molecule has 0 radical (unpaired) electrons. The van der Waals surface area contributed by atoms with Crippen molar-refractivity contribution in [2.24, 2.45) is 0 Å². The number of aryl methyl sites for hydroxylation is 1. The van der Waals surface area contributed by atoms with Crippen LogP contribution in [0.5, 0.6) is 0 Å². The predicted octanol–water partition coefficient (Wildman–Crippen LogP) is 3.37. The van der Waals surface area contributed by atoms with Crippen LogP contribution in [-0.4, -0.2) is 36.3 Å². The van der Waals surface area contributed by atoms with Gasteiger partial charge in [-0.05, 0) is 55.5 Å². The van der Waals surface area contributed by atoms with Gasteiger partial charge in [0.2, 0.25) is 15.9 Å². The molecule has 1 amide bonds. The Balaban J connectivity index is 1.53. The van der Waals surface area contributed by atoms with Gasteiger partial charge in [-0.25, -0.2) is 8.42 Å². The van der Waals surface area contributed by atoms with Gasteiger partial charge in [-0.3, -0.25) is 4.79 Å². The van der Waals surface area contributed by atoms with Crippen LogP contribution in [0.2, 0.25) is 0 Å². The fourth-order valence-corrected chi connectivity index (χ4v) is 5.28. The van der Waals surface area contributed by atoms with Crippen molar-refractivity contribution in [3.63, 3.8) is 0 Å². The molecule has 28 heavy (non-hydrogen) atoms. The Morgan fingerprint density at radius 3 is 2.57 bits per heavy atom. The van der Waals surface area contributed by atoms with E-state index in [4.69, 9.17) is 0 Å². The lowest BCUT2D eigenvalue weighted by molar-refractivity contribution is -0.116. The fraction of sp³-hybridized carbons (Fsp3) is 0.286. The molecule has 1 aliphatic heterocycles. The summed E-state index contributed by atoms with van der Waals surface area (Å²) in [4.78, 5) is 12.8. The first-order chi connectivity index (χ1) is 13.4. The van der Waals surface area contributed by atoms with Crippen molar-refractivity contribution in [2.75, 3.05) is 18.4 Å². The van der Waals surface area contributed by atoms with E-state index < -0.39 is 10.0 Å². The molecule has 7 heteroatoms. The zero-order valence-electron chi connectivity index (χ0n) is 15.8. The first kappa shape index (κ1) is 18.7. The minimum Gasteiger partial charge on any atom is -0.335 e. The lowest BCUT2D eigenvalue weighted by atomic mass is 10.2. The summed E-state index contributed by atoms with van der Waals surface area (Å²) in [6.07, 6.45) is 1.78. The second kappa shape index (κ2) is 7.41. The Bertz CT molecular complexity index is 1130. The summed E-state index contributed by atoms with van der Waals surface area (Å²) in [7, 11) is -3.51. The number of amides is 1. The number of hydrogen-bond acceptors (Lipinski definition) is 3. The lowest BCUT2D eigenvalue weighted by Gasteiger charge is -2.16. The van der Waals surface area contributed by atoms with Crippen molar-refractivity contribution in [3.05, 3.63) is 60.3 Å². The van der Waals surface area contributed by atoms with E-state index in [0.29, 0.717) is 18.8 Å². The molecule has 1 saturated heterocycles. The normalized spacial score (nSPS) is 15.2. The zero-order chi connectivity index (χ0) is 19.7. The molecule has 1 N–H and O–H groups in total. The number of aromatic nitrogens is 1. The number of anilines is 1. The number of para-hydroxylation sites is 1. The Morgan fingerprint density at radius 1 is 1.04 bits per heavy atom. The average Bonchev–Trinajstić information content (AvgIpc) is 3.31. The van der Waals surface area contributed by atoms with Crippen LogP contribution in [0.4, 0.5) is 5.69 Å². The number of benzene rings is 2. The standard InChI is InChI=1S/C21H23N3O3S/c1-16-13-17-7-2-3-10-20(17)24(16)15-21(25)22-18-8-6-9-19(14-18)28(26,27)23-11-4-5-12-23/h2-3,6-10,13-14H,4-5,11-12,15H2,1H3,(H,22,25). The highest BCUT2D eigenvalue weighted by atomic mass is 32.2. The second-order valence-corrected chi connectivity index (χ2v) is 9.06. The van der Waals surface area contributed by atoms with E-state index in [0.717, 1.165) is 29.4 Å². The van der Waals surface area contributed by atoms with Gasteiger partial charge in [0, 0.05) is 30.0 Å². The van der Waals surface area contributed by atoms with Crippen molar-refractivity contribution >= 4 is 32.5 Å². The van der Waals surface area contributed by atoms with Crippen LogP contribution in [-0.2, 0) is 21.4 Å². The second-order valence-electron chi connectivity index (χ2n) is 7.12. The monoisotopic (exact) mass is 397 g/mol. The molecule has 2 heterocycles. The van der Waals surface area contributed by atoms with E-state index in [1.54, 1.807) is 18.2 Å². The number of nitrogens with zero attached hydrogens (tertiary/aromatic N) is 2. The molecule has 0 bridgehead atoms. The number of nitrogens with one attached hydrogen (secondary N) is 1. The predicted molar refractivity (Wildman–Crippen MR) is 110 cm³/mol. The molecule has 1 fully saturated rings. The largest absolute Gasteiger partial charge is 0.335 e. The van der Waals surface area contributed by atoms with Crippen LogP contribution < -0.4 is 5.32 Å². The first-order valence-corrected chi connectivity index (χ1v) is 10.8. The van der Waals surface area contributed by atoms with Crippen LogP contribution in [0.25, 0.3) is 10.9 Å². The third kappa shape index (κ3) is 3.55. The number of fused-ring (bicyclic) bond motifs is 1. The van der Waals surface area contributed by atoms with Crippen molar-refractivity contribution in [2.45, 2.75) is 31.2 Å². The van der Waals surface area contributed by atoms with Gasteiger partial charge < -0.3 is 9.88 Å². The van der Waals surface area contributed by atoms with E-state index in [9.17, 15) is 13.2 Å². The maximum atomic E-state index is 12.7. The third-order valence-corrected chi connectivity index (χ3v) is 7.03. The van der Waals surface area contributed by atoms with Gasteiger partial charge in [-0.15, -0.1) is 0 Å². The van der Waals surface area contributed by atoms with Gasteiger partial charge in [-0.2, -0.15) is 4.31 Å². The zero-order valence-corrected chi connectivity index (χ0v) is 16.6. The van der Waals surface area contributed by atoms with Gasteiger partial charge in [0.1, 0.15) is 6.54 Å². The number of sulfonamides is 1. The van der Waals surface area contributed by atoms with Gasteiger partial charge >= 0.3 is 0 Å². The quantitative estimate of drug-likeness (QED) is 0.717. The van der Waals surface area contributed by atoms with Crippen molar-refractivity contribution < 1.29 is 13.2 Å². The van der Waals surface area contributed by atoms with Crippen molar-refractivity contribution in [1.29, 1.82) is 0 Å². The molecular weight excluding hydrogens is 374 g/mol. The van der Waals surface area contributed by atoms with Gasteiger partial charge in [0.25, 0.3) is 0 Å². The summed E-state index contributed by atoms with van der Waals surface area (Å²) in [6, 6.07) is 16.4. The van der Waals surface area contributed by atoms with Crippen molar-refractivity contribution in [3.8, 4) is 0 Å². The van der Waals surface area contributed by atoms with Crippen LogP contribution >= 0.6 is 0 Å². The molecule has 1 aliphatic rings. The molecule has 0 saturated carbocycles. The molecule has 1 aromatic heterocycles. The molecular formula is C21H23N3O3S. The highest BCUT2D eigenvalue weighted by molar-refractivity contribution is 7.89. The minimum atomic E-state index is -3.51.